The summed E-state index contributed by atoms with van der Waals surface area (Å²) in [4.78, 5) is 38.9. The molecule has 0 saturated heterocycles. The number of nitrogens with zero attached hydrogens (tertiary/aromatic N) is 2. The van der Waals surface area contributed by atoms with E-state index in [0.29, 0.717) is 21.6 Å². The Morgan fingerprint density at radius 1 is 1.03 bits per heavy atom. The van der Waals surface area contributed by atoms with E-state index < -0.39 is 5.69 Å². The van der Waals surface area contributed by atoms with Gasteiger partial charge in [0.15, 0.2) is 0 Å². The number of aryl methyl sites for hydroxylation is 2. The van der Waals surface area contributed by atoms with Crippen LogP contribution in [0.3, 0.4) is 0 Å². The topological polar surface area (TPSA) is 73.1 Å². The minimum absolute atomic E-state index is 0.188. The average Bonchev–Trinajstić information content (AvgIpc) is 3.18. The highest BCUT2D eigenvalue weighted by atomic mass is 32.1. The number of amides is 1. The number of aromatic nitrogens is 2. The van der Waals surface area contributed by atoms with E-state index in [1.54, 1.807) is 29.6 Å². The molecule has 2 heterocycles. The summed E-state index contributed by atoms with van der Waals surface area (Å²) in [7, 11) is 0. The minimum Gasteiger partial charge on any atom is -0.325 e. The highest BCUT2D eigenvalue weighted by Crippen LogP contribution is 2.18. The van der Waals surface area contributed by atoms with Gasteiger partial charge in [-0.25, -0.2) is 9.36 Å². The van der Waals surface area contributed by atoms with Gasteiger partial charge in [0.25, 0.3) is 5.56 Å². The predicted octanol–water partition coefficient (Wildman–Crippen LogP) is 3.47. The molecule has 1 amide bonds. The summed E-state index contributed by atoms with van der Waals surface area (Å²) in [6.45, 7) is 3.62. The Labute approximate surface area is 170 Å². The molecule has 4 aromatic rings. The molecule has 0 aliphatic rings. The van der Waals surface area contributed by atoms with E-state index in [4.69, 9.17) is 0 Å². The lowest BCUT2D eigenvalue weighted by Crippen LogP contribution is -2.40. The van der Waals surface area contributed by atoms with Crippen LogP contribution in [0.1, 0.15) is 11.1 Å². The molecule has 0 saturated carbocycles. The molecule has 1 N–H and O–H groups in total. The molecule has 0 bridgehead atoms. The van der Waals surface area contributed by atoms with Crippen molar-refractivity contribution in [3.05, 3.63) is 91.9 Å². The molecule has 0 unspecified atom stereocenters. The highest BCUT2D eigenvalue weighted by Gasteiger charge is 2.18. The second kappa shape index (κ2) is 7.52. The first-order chi connectivity index (χ1) is 14.0. The van der Waals surface area contributed by atoms with E-state index in [1.807, 2.05) is 44.2 Å². The number of hydrogen-bond acceptors (Lipinski definition) is 4. The van der Waals surface area contributed by atoms with Gasteiger partial charge in [-0.1, -0.05) is 35.9 Å². The first-order valence-corrected chi connectivity index (χ1v) is 9.99. The number of thiophene rings is 1. The zero-order chi connectivity index (χ0) is 20.5. The van der Waals surface area contributed by atoms with Crippen LogP contribution in [0.25, 0.3) is 15.9 Å². The predicted molar refractivity (Wildman–Crippen MR) is 116 cm³/mol. The molecule has 2 aromatic heterocycles. The molecule has 0 aliphatic heterocycles. The number of para-hydroxylation sites is 1. The summed E-state index contributed by atoms with van der Waals surface area (Å²) in [6.07, 6.45) is 0. The van der Waals surface area contributed by atoms with Crippen LogP contribution in [-0.4, -0.2) is 15.0 Å². The lowest BCUT2D eigenvalue weighted by molar-refractivity contribution is -0.116. The van der Waals surface area contributed by atoms with Crippen LogP contribution in [0.4, 0.5) is 5.69 Å². The first-order valence-electron chi connectivity index (χ1n) is 9.11. The van der Waals surface area contributed by atoms with Gasteiger partial charge in [-0.15, -0.1) is 11.3 Å². The Balaban J connectivity index is 1.84. The Bertz CT molecular complexity index is 1330. The zero-order valence-electron chi connectivity index (χ0n) is 16.0. The van der Waals surface area contributed by atoms with Crippen molar-refractivity contribution in [1.82, 2.24) is 9.13 Å². The minimum atomic E-state index is -0.531. The standard InChI is InChI=1S/C22H19N3O3S/c1-14-8-9-17(15(2)12-14)25-21(27)20-18(10-11-29-20)24(22(25)28)13-19(26)23-16-6-4-3-5-7-16/h3-12H,13H2,1-2H3,(H,23,26). The molecule has 0 fully saturated rings. The number of benzene rings is 2. The second-order valence-corrected chi connectivity index (χ2v) is 7.76. The van der Waals surface area contributed by atoms with E-state index >= 15 is 0 Å². The smallest absolute Gasteiger partial charge is 0.325 e. The average molecular weight is 405 g/mol. The maximum Gasteiger partial charge on any atom is 0.336 e. The molecule has 6 nitrogen and oxygen atoms in total. The van der Waals surface area contributed by atoms with Crippen molar-refractivity contribution in [2.45, 2.75) is 20.4 Å². The molecule has 0 atom stereocenters. The Hall–Kier alpha value is -3.45. The van der Waals surface area contributed by atoms with Gasteiger partial charge in [-0.2, -0.15) is 0 Å². The fourth-order valence-corrected chi connectivity index (χ4v) is 4.20. The van der Waals surface area contributed by atoms with Gasteiger partial charge in [0, 0.05) is 5.69 Å². The maximum absolute atomic E-state index is 13.3. The Morgan fingerprint density at radius 2 is 1.79 bits per heavy atom. The number of anilines is 1. The summed E-state index contributed by atoms with van der Waals surface area (Å²) in [5.74, 6) is -0.336. The quantitative estimate of drug-likeness (QED) is 0.565. The SMILES string of the molecule is Cc1ccc(-n2c(=O)c3sccc3n(CC(=O)Nc3ccccc3)c2=O)c(C)c1. The number of rotatable bonds is 4. The molecule has 2 aromatic carbocycles. The van der Waals surface area contributed by atoms with E-state index in [9.17, 15) is 14.4 Å². The molecule has 4 rings (SSSR count). The largest absolute Gasteiger partial charge is 0.336 e. The van der Waals surface area contributed by atoms with Crippen LogP contribution in [0.15, 0.2) is 69.6 Å². The van der Waals surface area contributed by atoms with Gasteiger partial charge in [0.05, 0.1) is 11.2 Å². The van der Waals surface area contributed by atoms with Crippen LogP contribution < -0.4 is 16.6 Å². The van der Waals surface area contributed by atoms with Crippen molar-refractivity contribution >= 4 is 33.1 Å². The summed E-state index contributed by atoms with van der Waals surface area (Å²) < 4.78 is 2.95. The van der Waals surface area contributed by atoms with Crippen LogP contribution in [-0.2, 0) is 11.3 Å². The lowest BCUT2D eigenvalue weighted by atomic mass is 10.1. The van der Waals surface area contributed by atoms with Crippen LogP contribution in [0, 0.1) is 13.8 Å². The third-order valence-electron chi connectivity index (χ3n) is 4.71. The van der Waals surface area contributed by atoms with E-state index in [1.165, 1.54) is 15.9 Å². The molecular formula is C22H19N3O3S. The van der Waals surface area contributed by atoms with E-state index in [0.717, 1.165) is 15.7 Å². The van der Waals surface area contributed by atoms with Crippen molar-refractivity contribution in [2.75, 3.05) is 5.32 Å². The van der Waals surface area contributed by atoms with Crippen molar-refractivity contribution in [2.24, 2.45) is 0 Å². The number of nitrogens with one attached hydrogen (secondary N) is 1. The summed E-state index contributed by atoms with van der Waals surface area (Å²) in [5, 5.41) is 4.54. The molecule has 0 radical (unpaired) electrons. The summed E-state index contributed by atoms with van der Waals surface area (Å²) in [6, 6.07) is 16.3. The van der Waals surface area contributed by atoms with E-state index in [-0.39, 0.29) is 18.0 Å². The van der Waals surface area contributed by atoms with E-state index in [2.05, 4.69) is 5.32 Å². The monoisotopic (exact) mass is 405 g/mol. The van der Waals surface area contributed by atoms with Gasteiger partial charge < -0.3 is 5.32 Å². The highest BCUT2D eigenvalue weighted by molar-refractivity contribution is 7.17. The fourth-order valence-electron chi connectivity index (χ4n) is 3.37. The van der Waals surface area contributed by atoms with Gasteiger partial charge in [0.1, 0.15) is 11.2 Å². The Morgan fingerprint density at radius 3 is 2.52 bits per heavy atom. The molecular weight excluding hydrogens is 386 g/mol. The third-order valence-corrected chi connectivity index (χ3v) is 5.60. The molecule has 7 heteroatoms. The molecule has 0 aliphatic carbocycles. The van der Waals surface area contributed by atoms with Crippen molar-refractivity contribution in [3.8, 4) is 5.69 Å². The van der Waals surface area contributed by atoms with Crippen LogP contribution >= 0.6 is 11.3 Å². The first kappa shape index (κ1) is 18.9. The molecule has 0 spiro atoms. The summed E-state index contributed by atoms with van der Waals surface area (Å²) in [5.41, 5.74) is 2.60. The maximum atomic E-state index is 13.3. The fraction of sp³-hybridized carbons (Fsp3) is 0.136. The zero-order valence-corrected chi connectivity index (χ0v) is 16.8. The third kappa shape index (κ3) is 3.52. The molecule has 29 heavy (non-hydrogen) atoms. The number of carbonyl (C=O) groups is 1. The van der Waals surface area contributed by atoms with Gasteiger partial charge in [0.2, 0.25) is 5.91 Å². The van der Waals surface area contributed by atoms with Crippen molar-refractivity contribution in [1.29, 1.82) is 0 Å². The number of carbonyl (C=O) groups excluding carboxylic acids is 1. The van der Waals surface area contributed by atoms with Crippen molar-refractivity contribution < 1.29 is 4.79 Å². The van der Waals surface area contributed by atoms with Gasteiger partial charge in [-0.05, 0) is 49.1 Å². The second-order valence-electron chi connectivity index (χ2n) is 6.85. The lowest BCUT2D eigenvalue weighted by Gasteiger charge is -2.14. The van der Waals surface area contributed by atoms with Crippen LogP contribution in [0.5, 0.6) is 0 Å². The Kier molecular flexibility index (Phi) is 4.90. The molecule has 146 valence electrons. The van der Waals surface area contributed by atoms with Crippen LogP contribution in [0.2, 0.25) is 0 Å². The van der Waals surface area contributed by atoms with Gasteiger partial charge in [-0.3, -0.25) is 14.2 Å². The number of hydrogen-bond donors (Lipinski definition) is 1. The number of fused-ring (bicyclic) bond motifs is 1. The summed E-state index contributed by atoms with van der Waals surface area (Å²) >= 11 is 1.26. The van der Waals surface area contributed by atoms with Gasteiger partial charge >= 0.3 is 5.69 Å². The van der Waals surface area contributed by atoms with Crippen molar-refractivity contribution in [3.63, 3.8) is 0 Å². The normalized spacial score (nSPS) is 11.0.